The van der Waals surface area contributed by atoms with Gasteiger partial charge in [0, 0.05) is 31.4 Å². The minimum atomic E-state index is 0. The minimum Gasteiger partial charge on any atom is -0.508 e. The van der Waals surface area contributed by atoms with Crippen molar-refractivity contribution < 1.29 is 5.11 Å². The van der Waals surface area contributed by atoms with E-state index in [1.165, 1.54) is 5.56 Å². The molecule has 1 heterocycles. The molecule has 0 atom stereocenters. The number of phenols is 1. The van der Waals surface area contributed by atoms with Gasteiger partial charge in [-0.25, -0.2) is 0 Å². The zero-order valence-electron chi connectivity index (χ0n) is 13.0. The van der Waals surface area contributed by atoms with Crippen LogP contribution in [0, 0.1) is 0 Å². The molecular weight excluding hydrogens is 403 g/mol. The highest BCUT2D eigenvalue weighted by Gasteiger charge is 1.96. The van der Waals surface area contributed by atoms with E-state index >= 15 is 0 Å². The Morgan fingerprint density at radius 3 is 2.61 bits per heavy atom. The number of aromatic hydroxyl groups is 1. The number of guanidine groups is 1. The van der Waals surface area contributed by atoms with Crippen molar-refractivity contribution in [2.24, 2.45) is 10.7 Å². The zero-order chi connectivity index (χ0) is 15.6. The Kier molecular flexibility index (Phi) is 9.04. The molecule has 0 radical (unpaired) electrons. The number of pyridine rings is 1. The van der Waals surface area contributed by atoms with Gasteiger partial charge in [-0.3, -0.25) is 9.98 Å². The van der Waals surface area contributed by atoms with Crippen molar-refractivity contribution in [3.05, 3.63) is 59.9 Å². The summed E-state index contributed by atoms with van der Waals surface area (Å²) in [7, 11) is 0. The normalized spacial score (nSPS) is 10.9. The van der Waals surface area contributed by atoms with Crippen LogP contribution in [0.25, 0.3) is 0 Å². The first-order valence-electron chi connectivity index (χ1n) is 7.45. The van der Waals surface area contributed by atoms with Crippen LogP contribution in [0.1, 0.15) is 17.7 Å². The van der Waals surface area contributed by atoms with Crippen molar-refractivity contribution in [2.45, 2.75) is 19.3 Å². The molecule has 0 fully saturated rings. The van der Waals surface area contributed by atoms with E-state index in [1.54, 1.807) is 18.3 Å². The molecule has 0 bridgehead atoms. The van der Waals surface area contributed by atoms with Crippen molar-refractivity contribution in [1.29, 1.82) is 0 Å². The standard InChI is InChI=1S/C17H22N4O.HI/c18-17(21-13-10-15-5-1-2-11-19-15)20-12-3-4-14-6-8-16(22)9-7-14;/h1-2,5-9,11,22H,3-4,10,12-13H2,(H3,18,20,21);1H. The van der Waals surface area contributed by atoms with Crippen LogP contribution in [0.5, 0.6) is 5.75 Å². The van der Waals surface area contributed by atoms with E-state index < -0.39 is 0 Å². The Morgan fingerprint density at radius 2 is 1.91 bits per heavy atom. The van der Waals surface area contributed by atoms with Crippen LogP contribution in [-0.2, 0) is 12.8 Å². The molecule has 2 rings (SSSR count). The fourth-order valence-electron chi connectivity index (χ4n) is 2.07. The highest BCUT2D eigenvalue weighted by atomic mass is 127. The molecular formula is C17H23IN4O. The lowest BCUT2D eigenvalue weighted by atomic mass is 10.1. The average molecular weight is 426 g/mol. The molecule has 2 aromatic rings. The Hall–Kier alpha value is -1.83. The molecule has 0 aliphatic rings. The van der Waals surface area contributed by atoms with Gasteiger partial charge in [0.25, 0.3) is 0 Å². The van der Waals surface area contributed by atoms with Gasteiger partial charge in [-0.05, 0) is 42.7 Å². The van der Waals surface area contributed by atoms with Gasteiger partial charge in [-0.15, -0.1) is 24.0 Å². The highest BCUT2D eigenvalue weighted by Crippen LogP contribution is 2.10. The second kappa shape index (κ2) is 10.8. The number of aliphatic imine (C=N–C) groups is 1. The topological polar surface area (TPSA) is 83.5 Å². The molecule has 124 valence electrons. The van der Waals surface area contributed by atoms with Gasteiger partial charge in [-0.1, -0.05) is 18.2 Å². The summed E-state index contributed by atoms with van der Waals surface area (Å²) in [6.07, 6.45) is 4.46. The molecule has 5 nitrogen and oxygen atoms in total. The molecule has 0 unspecified atom stereocenters. The van der Waals surface area contributed by atoms with Gasteiger partial charge < -0.3 is 16.2 Å². The van der Waals surface area contributed by atoms with Crippen LogP contribution in [-0.4, -0.2) is 29.1 Å². The number of hydrogen-bond donors (Lipinski definition) is 3. The first-order valence-corrected chi connectivity index (χ1v) is 7.45. The lowest BCUT2D eigenvalue weighted by Gasteiger charge is -2.05. The highest BCUT2D eigenvalue weighted by molar-refractivity contribution is 14.0. The number of aromatic nitrogens is 1. The SMILES string of the molecule is I.NC(=NCCCc1ccc(O)cc1)NCCc1ccccn1. The smallest absolute Gasteiger partial charge is 0.188 e. The number of aryl methyl sites for hydroxylation is 1. The van der Waals surface area contributed by atoms with Gasteiger partial charge in [0.2, 0.25) is 0 Å². The van der Waals surface area contributed by atoms with Crippen molar-refractivity contribution >= 4 is 29.9 Å². The fraction of sp³-hybridized carbons (Fsp3) is 0.294. The van der Waals surface area contributed by atoms with Gasteiger partial charge in [0.1, 0.15) is 5.75 Å². The third kappa shape index (κ3) is 7.83. The molecule has 6 heteroatoms. The monoisotopic (exact) mass is 426 g/mol. The van der Waals surface area contributed by atoms with E-state index in [9.17, 15) is 5.11 Å². The summed E-state index contributed by atoms with van der Waals surface area (Å²) in [6.45, 7) is 1.41. The van der Waals surface area contributed by atoms with Crippen LogP contribution >= 0.6 is 24.0 Å². The molecule has 0 saturated heterocycles. The number of nitrogens with zero attached hydrogens (tertiary/aromatic N) is 2. The summed E-state index contributed by atoms with van der Waals surface area (Å²) in [5.74, 6) is 0.768. The second-order valence-electron chi connectivity index (χ2n) is 5.03. The van der Waals surface area contributed by atoms with Crippen LogP contribution in [0.4, 0.5) is 0 Å². The predicted molar refractivity (Wildman–Crippen MR) is 104 cm³/mol. The summed E-state index contributed by atoms with van der Waals surface area (Å²) >= 11 is 0. The van der Waals surface area contributed by atoms with E-state index in [4.69, 9.17) is 5.73 Å². The third-order valence-electron chi connectivity index (χ3n) is 3.26. The van der Waals surface area contributed by atoms with Gasteiger partial charge >= 0.3 is 0 Å². The van der Waals surface area contributed by atoms with Crippen molar-refractivity contribution in [1.82, 2.24) is 10.3 Å². The summed E-state index contributed by atoms with van der Waals surface area (Å²) in [6, 6.07) is 13.1. The number of nitrogens with one attached hydrogen (secondary N) is 1. The van der Waals surface area contributed by atoms with E-state index in [-0.39, 0.29) is 24.0 Å². The number of hydrogen-bond acceptors (Lipinski definition) is 3. The molecule has 1 aromatic heterocycles. The number of benzene rings is 1. The van der Waals surface area contributed by atoms with Crippen molar-refractivity contribution in [2.75, 3.05) is 13.1 Å². The van der Waals surface area contributed by atoms with E-state index in [0.29, 0.717) is 18.3 Å². The lowest BCUT2D eigenvalue weighted by Crippen LogP contribution is -2.33. The van der Waals surface area contributed by atoms with Crippen LogP contribution in [0.2, 0.25) is 0 Å². The maximum absolute atomic E-state index is 9.21. The average Bonchev–Trinajstić information content (AvgIpc) is 2.54. The van der Waals surface area contributed by atoms with Crippen molar-refractivity contribution in [3.8, 4) is 5.75 Å². The number of halogens is 1. The van der Waals surface area contributed by atoms with Crippen molar-refractivity contribution in [3.63, 3.8) is 0 Å². The zero-order valence-corrected chi connectivity index (χ0v) is 15.3. The molecule has 4 N–H and O–H groups in total. The molecule has 0 spiro atoms. The summed E-state index contributed by atoms with van der Waals surface area (Å²) in [5.41, 5.74) is 8.05. The Balaban J connectivity index is 0.00000264. The van der Waals surface area contributed by atoms with E-state index in [1.807, 2.05) is 30.3 Å². The summed E-state index contributed by atoms with van der Waals surface area (Å²) < 4.78 is 0. The minimum absolute atomic E-state index is 0. The van der Waals surface area contributed by atoms with Gasteiger partial charge in [-0.2, -0.15) is 0 Å². The second-order valence-corrected chi connectivity index (χ2v) is 5.03. The maximum atomic E-state index is 9.21. The van der Waals surface area contributed by atoms with E-state index in [0.717, 1.165) is 31.5 Å². The largest absolute Gasteiger partial charge is 0.508 e. The van der Waals surface area contributed by atoms with E-state index in [2.05, 4.69) is 15.3 Å². The quantitative estimate of drug-likeness (QED) is 0.275. The molecule has 0 amide bonds. The van der Waals surface area contributed by atoms with Crippen LogP contribution in [0.3, 0.4) is 0 Å². The number of rotatable bonds is 7. The van der Waals surface area contributed by atoms with Gasteiger partial charge in [0.05, 0.1) is 0 Å². The third-order valence-corrected chi connectivity index (χ3v) is 3.26. The number of nitrogens with two attached hydrogens (primary N) is 1. The summed E-state index contributed by atoms with van der Waals surface area (Å²) in [5, 5.41) is 12.3. The molecule has 0 aliphatic heterocycles. The first-order chi connectivity index (χ1) is 10.7. The molecule has 0 aliphatic carbocycles. The van der Waals surface area contributed by atoms with Crippen LogP contribution < -0.4 is 11.1 Å². The fourth-order valence-corrected chi connectivity index (χ4v) is 2.07. The Morgan fingerprint density at radius 1 is 1.13 bits per heavy atom. The predicted octanol–water partition coefficient (Wildman–Crippen LogP) is 2.48. The number of phenolic OH excluding ortho intramolecular Hbond substituents is 1. The van der Waals surface area contributed by atoms with Gasteiger partial charge in [0.15, 0.2) is 5.96 Å². The molecule has 23 heavy (non-hydrogen) atoms. The first kappa shape index (κ1) is 19.2. The maximum Gasteiger partial charge on any atom is 0.188 e. The summed E-state index contributed by atoms with van der Waals surface area (Å²) in [4.78, 5) is 8.55. The molecule has 1 aromatic carbocycles. The molecule has 0 saturated carbocycles. The Labute approximate surface area is 154 Å². The van der Waals surface area contributed by atoms with Crippen LogP contribution in [0.15, 0.2) is 53.7 Å². The Bertz CT molecular complexity index is 587. The lowest BCUT2D eigenvalue weighted by molar-refractivity contribution is 0.475.